The Balaban J connectivity index is 1.41. The van der Waals surface area contributed by atoms with Crippen molar-refractivity contribution in [2.75, 3.05) is 16.9 Å². The summed E-state index contributed by atoms with van der Waals surface area (Å²) < 4.78 is 30.9. The van der Waals surface area contributed by atoms with Gasteiger partial charge in [0.05, 0.1) is 10.6 Å². The van der Waals surface area contributed by atoms with Crippen molar-refractivity contribution in [3.63, 3.8) is 0 Å². The van der Waals surface area contributed by atoms with Crippen molar-refractivity contribution in [1.29, 1.82) is 0 Å². The Bertz CT molecular complexity index is 1270. The van der Waals surface area contributed by atoms with E-state index in [1.54, 1.807) is 12.1 Å². The Morgan fingerprint density at radius 2 is 1.67 bits per heavy atom. The molecule has 4 rings (SSSR count). The monoisotopic (exact) mass is 506 g/mol. The molecule has 0 heterocycles. The fraction of sp³-hybridized carbons (Fsp3) is 0.345. The molecule has 1 saturated carbocycles. The maximum atomic E-state index is 12.5. The Hall–Kier alpha value is -3.32. The number of carbonyl (C=O) groups is 1. The molecule has 190 valence electrons. The second-order valence-electron chi connectivity index (χ2n) is 9.50. The summed E-state index contributed by atoms with van der Waals surface area (Å²) >= 11 is 0. The van der Waals surface area contributed by atoms with Crippen LogP contribution in [0.25, 0.3) is 0 Å². The topological polar surface area (TPSA) is 84.5 Å². The quantitative estimate of drug-likeness (QED) is 0.319. The molecule has 0 bridgehead atoms. The summed E-state index contributed by atoms with van der Waals surface area (Å²) in [6.45, 7) is 0.347. The van der Waals surface area contributed by atoms with Crippen molar-refractivity contribution >= 4 is 32.8 Å². The summed E-state index contributed by atoms with van der Waals surface area (Å²) in [5.41, 5.74) is 2.81. The van der Waals surface area contributed by atoms with E-state index in [2.05, 4.69) is 10.6 Å². The van der Waals surface area contributed by atoms with Gasteiger partial charge in [0.2, 0.25) is 5.91 Å². The highest BCUT2D eigenvalue weighted by atomic mass is 32.2. The molecular weight excluding hydrogens is 472 g/mol. The molecular formula is C29H34N2O4S. The third-order valence-electron chi connectivity index (χ3n) is 6.53. The minimum absolute atomic E-state index is 0.00877. The van der Waals surface area contributed by atoms with E-state index in [0.717, 1.165) is 12.0 Å². The lowest BCUT2D eigenvalue weighted by atomic mass is 9.86. The minimum atomic E-state index is -3.52. The van der Waals surface area contributed by atoms with E-state index >= 15 is 0 Å². The third-order valence-corrected chi connectivity index (χ3v) is 7.67. The molecule has 0 saturated heterocycles. The molecule has 0 unspecified atom stereocenters. The molecule has 3 aromatic carbocycles. The number of amides is 1. The van der Waals surface area contributed by atoms with Crippen LogP contribution in [-0.4, -0.2) is 20.6 Å². The van der Waals surface area contributed by atoms with Crippen LogP contribution in [0.1, 0.15) is 50.5 Å². The Labute approximate surface area is 214 Å². The van der Waals surface area contributed by atoms with E-state index in [-0.39, 0.29) is 10.8 Å². The fourth-order valence-electron chi connectivity index (χ4n) is 4.61. The molecule has 1 aliphatic rings. The van der Waals surface area contributed by atoms with Crippen LogP contribution in [0.15, 0.2) is 77.7 Å². The summed E-state index contributed by atoms with van der Waals surface area (Å²) in [4.78, 5) is 12.6. The van der Waals surface area contributed by atoms with Gasteiger partial charge in [-0.2, -0.15) is 0 Å². The van der Waals surface area contributed by atoms with E-state index in [1.165, 1.54) is 44.4 Å². The number of hydrogen-bond acceptors (Lipinski definition) is 5. The third kappa shape index (κ3) is 7.59. The van der Waals surface area contributed by atoms with Crippen LogP contribution in [0, 0.1) is 5.92 Å². The first-order valence-corrected chi connectivity index (χ1v) is 14.4. The van der Waals surface area contributed by atoms with Gasteiger partial charge in [0.25, 0.3) is 0 Å². The molecule has 0 atom stereocenters. The molecule has 1 fully saturated rings. The lowest BCUT2D eigenvalue weighted by Gasteiger charge is -2.21. The van der Waals surface area contributed by atoms with Gasteiger partial charge in [-0.1, -0.05) is 68.5 Å². The van der Waals surface area contributed by atoms with Crippen molar-refractivity contribution in [3.05, 3.63) is 78.4 Å². The van der Waals surface area contributed by atoms with E-state index < -0.39 is 9.84 Å². The molecule has 0 spiro atoms. The maximum absolute atomic E-state index is 12.5. The zero-order chi connectivity index (χ0) is 25.4. The zero-order valence-corrected chi connectivity index (χ0v) is 21.5. The number of carbonyl (C=O) groups excluding carboxylic acids is 1. The number of sulfone groups is 1. The summed E-state index contributed by atoms with van der Waals surface area (Å²) in [6.07, 6.45) is 8.94. The summed E-state index contributed by atoms with van der Waals surface area (Å²) in [6, 6.07) is 22.0. The van der Waals surface area contributed by atoms with Crippen molar-refractivity contribution in [2.45, 2.75) is 56.4 Å². The number of benzene rings is 3. The number of rotatable bonds is 10. The SMILES string of the molecule is CS(=O)(=O)c1cc(OCc2ccccc2)ccc1Nc1cccc(NC(=O)CCC2CCCCC2)c1. The normalized spacial score (nSPS) is 14.2. The number of ether oxygens (including phenoxy) is 1. The lowest BCUT2D eigenvalue weighted by Crippen LogP contribution is -2.15. The summed E-state index contributed by atoms with van der Waals surface area (Å²) in [5.74, 6) is 1.14. The molecule has 6 nitrogen and oxygen atoms in total. The number of hydrogen-bond donors (Lipinski definition) is 2. The molecule has 0 aliphatic heterocycles. The van der Waals surface area contributed by atoms with E-state index in [9.17, 15) is 13.2 Å². The van der Waals surface area contributed by atoms with E-state index in [4.69, 9.17) is 4.74 Å². The second-order valence-corrected chi connectivity index (χ2v) is 11.5. The highest BCUT2D eigenvalue weighted by molar-refractivity contribution is 7.90. The van der Waals surface area contributed by atoms with Crippen LogP contribution in [0.4, 0.5) is 17.1 Å². The molecule has 1 amide bonds. The van der Waals surface area contributed by atoms with Crippen molar-refractivity contribution < 1.29 is 17.9 Å². The van der Waals surface area contributed by atoms with Gasteiger partial charge in [-0.3, -0.25) is 4.79 Å². The van der Waals surface area contributed by atoms with Gasteiger partial charge in [-0.25, -0.2) is 8.42 Å². The average Bonchev–Trinajstić information content (AvgIpc) is 2.88. The zero-order valence-electron chi connectivity index (χ0n) is 20.7. The molecule has 2 N–H and O–H groups in total. The van der Waals surface area contributed by atoms with Crippen LogP contribution in [-0.2, 0) is 21.2 Å². The largest absolute Gasteiger partial charge is 0.489 e. The smallest absolute Gasteiger partial charge is 0.224 e. The maximum Gasteiger partial charge on any atom is 0.224 e. The van der Waals surface area contributed by atoms with Crippen molar-refractivity contribution in [1.82, 2.24) is 0 Å². The van der Waals surface area contributed by atoms with E-state index in [0.29, 0.717) is 41.8 Å². The number of anilines is 3. The van der Waals surface area contributed by atoms with Gasteiger partial charge in [0.1, 0.15) is 12.4 Å². The molecule has 7 heteroatoms. The second kappa shape index (κ2) is 12.1. The number of nitrogens with one attached hydrogen (secondary N) is 2. The lowest BCUT2D eigenvalue weighted by molar-refractivity contribution is -0.116. The van der Waals surface area contributed by atoms with Crippen LogP contribution >= 0.6 is 0 Å². The molecule has 0 aromatic heterocycles. The van der Waals surface area contributed by atoms with E-state index in [1.807, 2.05) is 54.6 Å². The molecule has 0 radical (unpaired) electrons. The van der Waals surface area contributed by atoms with Crippen LogP contribution in [0.3, 0.4) is 0 Å². The Morgan fingerprint density at radius 3 is 2.42 bits per heavy atom. The Morgan fingerprint density at radius 1 is 0.917 bits per heavy atom. The van der Waals surface area contributed by atoms with Crippen LogP contribution in [0.2, 0.25) is 0 Å². The summed E-state index contributed by atoms with van der Waals surface area (Å²) in [5, 5.41) is 6.17. The predicted octanol–water partition coefficient (Wildman–Crippen LogP) is 6.71. The van der Waals surface area contributed by atoms with Gasteiger partial charge in [-0.05, 0) is 48.2 Å². The Kier molecular flexibility index (Phi) is 8.65. The highest BCUT2D eigenvalue weighted by Crippen LogP contribution is 2.31. The van der Waals surface area contributed by atoms with Gasteiger partial charge >= 0.3 is 0 Å². The first-order chi connectivity index (χ1) is 17.4. The first-order valence-electron chi connectivity index (χ1n) is 12.5. The van der Waals surface area contributed by atoms with Crippen molar-refractivity contribution in [2.24, 2.45) is 5.92 Å². The van der Waals surface area contributed by atoms with Crippen molar-refractivity contribution in [3.8, 4) is 5.75 Å². The molecule has 36 heavy (non-hydrogen) atoms. The minimum Gasteiger partial charge on any atom is -0.489 e. The fourth-order valence-corrected chi connectivity index (χ4v) is 5.46. The first kappa shape index (κ1) is 25.8. The van der Waals surface area contributed by atoms with Gasteiger partial charge in [0.15, 0.2) is 9.84 Å². The average molecular weight is 507 g/mol. The molecule has 3 aromatic rings. The van der Waals surface area contributed by atoms with Crippen LogP contribution in [0.5, 0.6) is 5.75 Å². The standard InChI is InChI=1S/C29H34N2O4S/c1-36(33,34)28-20-26(35-21-23-11-6-3-7-12-23)16-17-27(28)30-24-13-8-14-25(19-24)31-29(32)18-15-22-9-4-2-5-10-22/h3,6-8,11-14,16-17,19-20,22,30H,2,4-5,9-10,15,18,21H2,1H3,(H,31,32). The van der Waals surface area contributed by atoms with Gasteiger partial charge < -0.3 is 15.4 Å². The van der Waals surface area contributed by atoms with Gasteiger partial charge in [0, 0.05) is 30.1 Å². The van der Waals surface area contributed by atoms with Gasteiger partial charge in [-0.15, -0.1) is 0 Å². The summed E-state index contributed by atoms with van der Waals surface area (Å²) in [7, 11) is -3.52. The van der Waals surface area contributed by atoms with Crippen LogP contribution < -0.4 is 15.4 Å². The highest BCUT2D eigenvalue weighted by Gasteiger charge is 2.17. The predicted molar refractivity (Wildman–Crippen MR) is 144 cm³/mol. The molecule has 1 aliphatic carbocycles.